The molecule has 1 N–H and O–H groups in total. The molecule has 0 saturated heterocycles. The number of carbonyl (C=O) groups is 2. The highest BCUT2D eigenvalue weighted by atomic mass is 32.2. The number of nitrogens with one attached hydrogen (secondary N) is 1. The second-order valence-electron chi connectivity index (χ2n) is 5.70. The Hall–Kier alpha value is -2.48. The second kappa shape index (κ2) is 8.94. The van der Waals surface area contributed by atoms with Crippen LogP contribution in [0.4, 0.5) is 18.9 Å². The summed E-state index contributed by atoms with van der Waals surface area (Å²) in [6, 6.07) is 9.53. The Bertz CT molecular complexity index is 837. The molecule has 0 bridgehead atoms. The van der Waals surface area contributed by atoms with Crippen molar-refractivity contribution in [3.05, 3.63) is 59.2 Å². The number of alkyl halides is 3. The Labute approximate surface area is 159 Å². The molecule has 0 radical (unpaired) electrons. The molecule has 0 aromatic heterocycles. The summed E-state index contributed by atoms with van der Waals surface area (Å²) < 4.78 is 43.4. The van der Waals surface area contributed by atoms with Crippen LogP contribution in [-0.2, 0) is 16.7 Å². The van der Waals surface area contributed by atoms with Crippen molar-refractivity contribution in [1.29, 1.82) is 0 Å². The zero-order chi connectivity index (χ0) is 20.0. The van der Waals surface area contributed by atoms with Crippen LogP contribution in [0.3, 0.4) is 0 Å². The highest BCUT2D eigenvalue weighted by molar-refractivity contribution is 7.99. The number of ketones is 1. The monoisotopic (exact) mass is 397 g/mol. The van der Waals surface area contributed by atoms with E-state index in [2.05, 4.69) is 5.32 Å². The zero-order valence-electron chi connectivity index (χ0n) is 14.7. The summed E-state index contributed by atoms with van der Waals surface area (Å²) in [5.74, 6) is 0.572. The lowest BCUT2D eigenvalue weighted by atomic mass is 10.1. The molecule has 0 heterocycles. The number of thioether (sulfide) groups is 1. The van der Waals surface area contributed by atoms with Crippen molar-refractivity contribution >= 4 is 29.1 Å². The maximum atomic E-state index is 12.7. The Morgan fingerprint density at radius 1 is 1.15 bits per heavy atom. The Morgan fingerprint density at radius 2 is 1.89 bits per heavy atom. The molecular formula is C19H18F3NO3S. The number of Topliss-reactive ketones (excluding diaryl/α,β-unsaturated/α-hetero) is 1. The zero-order valence-corrected chi connectivity index (χ0v) is 15.5. The molecular weight excluding hydrogens is 379 g/mol. The predicted molar refractivity (Wildman–Crippen MR) is 99.2 cm³/mol. The van der Waals surface area contributed by atoms with Crippen LogP contribution in [0.15, 0.2) is 42.5 Å². The highest BCUT2D eigenvalue weighted by Gasteiger charge is 2.30. The SMILES string of the molecule is COc1ccc(C(C)=O)cc1CSCC(=O)Nc1cccc(C(F)(F)F)c1. The molecule has 0 aliphatic heterocycles. The van der Waals surface area contributed by atoms with E-state index in [0.717, 1.165) is 17.7 Å². The number of benzene rings is 2. The van der Waals surface area contributed by atoms with Crippen molar-refractivity contribution in [3.8, 4) is 5.75 Å². The molecule has 1 amide bonds. The maximum Gasteiger partial charge on any atom is 0.416 e. The fourth-order valence-corrected chi connectivity index (χ4v) is 3.14. The molecule has 8 heteroatoms. The van der Waals surface area contributed by atoms with E-state index in [9.17, 15) is 22.8 Å². The van der Waals surface area contributed by atoms with E-state index >= 15 is 0 Å². The molecule has 4 nitrogen and oxygen atoms in total. The van der Waals surface area contributed by atoms with Gasteiger partial charge in [-0.05, 0) is 43.3 Å². The third-order valence-electron chi connectivity index (χ3n) is 3.65. The minimum absolute atomic E-state index is 0.0453. The number of rotatable bonds is 7. The van der Waals surface area contributed by atoms with E-state index in [1.54, 1.807) is 18.2 Å². The number of hydrogen-bond donors (Lipinski definition) is 1. The fourth-order valence-electron chi connectivity index (χ4n) is 2.33. The lowest BCUT2D eigenvalue weighted by molar-refractivity contribution is -0.137. The average Bonchev–Trinajstić information content (AvgIpc) is 2.61. The molecule has 0 fully saturated rings. The first-order chi connectivity index (χ1) is 12.7. The van der Waals surface area contributed by atoms with Crippen LogP contribution >= 0.6 is 11.8 Å². The average molecular weight is 397 g/mol. The van der Waals surface area contributed by atoms with Gasteiger partial charge >= 0.3 is 6.18 Å². The van der Waals surface area contributed by atoms with Crippen LogP contribution in [0, 0.1) is 0 Å². The van der Waals surface area contributed by atoms with Gasteiger partial charge in [-0.1, -0.05) is 6.07 Å². The first-order valence-electron chi connectivity index (χ1n) is 7.93. The molecule has 0 aliphatic rings. The fraction of sp³-hybridized carbons (Fsp3) is 0.263. The summed E-state index contributed by atoms with van der Waals surface area (Å²) in [6.45, 7) is 1.46. The van der Waals surface area contributed by atoms with Crippen LogP contribution in [-0.4, -0.2) is 24.6 Å². The summed E-state index contributed by atoms with van der Waals surface area (Å²) in [4.78, 5) is 23.5. The van der Waals surface area contributed by atoms with Gasteiger partial charge in [0, 0.05) is 22.6 Å². The van der Waals surface area contributed by atoms with Crippen molar-refractivity contribution in [3.63, 3.8) is 0 Å². The minimum atomic E-state index is -4.46. The van der Waals surface area contributed by atoms with E-state index in [1.165, 1.54) is 37.9 Å². The molecule has 0 atom stereocenters. The van der Waals surface area contributed by atoms with E-state index in [0.29, 0.717) is 17.1 Å². The van der Waals surface area contributed by atoms with Crippen molar-refractivity contribution in [2.24, 2.45) is 0 Å². The van der Waals surface area contributed by atoms with Gasteiger partial charge in [0.2, 0.25) is 5.91 Å². The van der Waals surface area contributed by atoms with E-state index in [1.807, 2.05) is 0 Å². The summed E-state index contributed by atoms with van der Waals surface area (Å²) in [5, 5.41) is 2.45. The molecule has 2 aromatic carbocycles. The number of anilines is 1. The molecule has 0 saturated carbocycles. The summed E-state index contributed by atoms with van der Waals surface area (Å²) in [6.07, 6.45) is -4.46. The predicted octanol–water partition coefficient (Wildman–Crippen LogP) is 4.79. The number of amides is 1. The van der Waals surface area contributed by atoms with Crippen LogP contribution in [0.25, 0.3) is 0 Å². The standard InChI is InChI=1S/C19H18F3NO3S/c1-12(24)13-6-7-17(26-2)14(8-13)10-27-11-18(25)23-16-5-3-4-15(9-16)19(20,21)22/h3-9H,10-11H2,1-2H3,(H,23,25). The first kappa shape index (κ1) is 20.8. The van der Waals surface area contributed by atoms with Crippen LogP contribution in [0.1, 0.15) is 28.4 Å². The van der Waals surface area contributed by atoms with Gasteiger partial charge < -0.3 is 10.1 Å². The molecule has 2 aromatic rings. The van der Waals surface area contributed by atoms with Gasteiger partial charge in [-0.25, -0.2) is 0 Å². The van der Waals surface area contributed by atoms with Gasteiger partial charge in [0.05, 0.1) is 18.4 Å². The lowest BCUT2D eigenvalue weighted by Crippen LogP contribution is -2.15. The van der Waals surface area contributed by atoms with Gasteiger partial charge in [0.15, 0.2) is 5.78 Å². The minimum Gasteiger partial charge on any atom is -0.496 e. The molecule has 144 valence electrons. The van der Waals surface area contributed by atoms with Gasteiger partial charge in [0.1, 0.15) is 5.75 Å². The quantitative estimate of drug-likeness (QED) is 0.683. The molecule has 0 unspecified atom stereocenters. The summed E-state index contributed by atoms with van der Waals surface area (Å²) >= 11 is 1.27. The highest BCUT2D eigenvalue weighted by Crippen LogP contribution is 2.30. The number of carbonyl (C=O) groups excluding carboxylic acids is 2. The van der Waals surface area contributed by atoms with Crippen molar-refractivity contribution in [2.75, 3.05) is 18.2 Å². The maximum absolute atomic E-state index is 12.7. The summed E-state index contributed by atoms with van der Waals surface area (Å²) in [5.41, 5.74) is 0.576. The van der Waals surface area contributed by atoms with Crippen LogP contribution in [0.5, 0.6) is 5.75 Å². The number of hydrogen-bond acceptors (Lipinski definition) is 4. The van der Waals surface area contributed by atoms with Gasteiger partial charge in [-0.2, -0.15) is 13.2 Å². The van der Waals surface area contributed by atoms with E-state index in [4.69, 9.17) is 4.74 Å². The molecule has 0 aliphatic carbocycles. The number of halogens is 3. The van der Waals surface area contributed by atoms with Crippen molar-refractivity contribution in [1.82, 2.24) is 0 Å². The molecule has 0 spiro atoms. The number of ether oxygens (including phenoxy) is 1. The third kappa shape index (κ3) is 6.02. The van der Waals surface area contributed by atoms with Gasteiger partial charge in [0.25, 0.3) is 0 Å². The smallest absolute Gasteiger partial charge is 0.416 e. The largest absolute Gasteiger partial charge is 0.496 e. The molecule has 2 rings (SSSR count). The van der Waals surface area contributed by atoms with Gasteiger partial charge in [-0.3, -0.25) is 9.59 Å². The number of methoxy groups -OCH3 is 1. The Balaban J connectivity index is 1.95. The summed E-state index contributed by atoms with van der Waals surface area (Å²) in [7, 11) is 1.51. The van der Waals surface area contributed by atoms with E-state index in [-0.39, 0.29) is 17.2 Å². The van der Waals surface area contributed by atoms with Gasteiger partial charge in [-0.15, -0.1) is 11.8 Å². The normalized spacial score (nSPS) is 11.1. The van der Waals surface area contributed by atoms with Crippen molar-refractivity contribution < 1.29 is 27.5 Å². The van der Waals surface area contributed by atoms with E-state index < -0.39 is 17.6 Å². The Kier molecular flexibility index (Phi) is 6.90. The third-order valence-corrected chi connectivity index (χ3v) is 4.63. The van der Waals surface area contributed by atoms with Crippen LogP contribution < -0.4 is 10.1 Å². The lowest BCUT2D eigenvalue weighted by Gasteiger charge is -2.11. The Morgan fingerprint density at radius 3 is 2.52 bits per heavy atom. The first-order valence-corrected chi connectivity index (χ1v) is 9.09. The van der Waals surface area contributed by atoms with Crippen LogP contribution in [0.2, 0.25) is 0 Å². The molecule has 27 heavy (non-hydrogen) atoms. The topological polar surface area (TPSA) is 55.4 Å². The van der Waals surface area contributed by atoms with Crippen molar-refractivity contribution in [2.45, 2.75) is 18.9 Å². The second-order valence-corrected chi connectivity index (χ2v) is 6.69.